The SMILES string of the molecule is CSc1nnc(S[C@@H](C)C(=O)c2ccc(F)cc2)s1. The standard InChI is InChI=1S/C12H11FN2OS3/c1-7(18-12-15-14-11(17-2)19-12)10(16)8-3-5-9(13)6-4-8/h3-7H,1-2H3/t7-/m0/s1. The van der Waals surface area contributed by atoms with E-state index in [9.17, 15) is 9.18 Å². The number of benzene rings is 1. The second-order valence-electron chi connectivity index (χ2n) is 3.67. The molecule has 2 rings (SSSR count). The number of aromatic nitrogens is 2. The number of halogens is 1. The predicted octanol–water partition coefficient (Wildman–Crippen LogP) is 3.76. The summed E-state index contributed by atoms with van der Waals surface area (Å²) in [4.78, 5) is 12.1. The van der Waals surface area contributed by atoms with E-state index in [-0.39, 0.29) is 16.9 Å². The van der Waals surface area contributed by atoms with Gasteiger partial charge < -0.3 is 0 Å². The van der Waals surface area contributed by atoms with Gasteiger partial charge in [-0.1, -0.05) is 34.9 Å². The lowest BCUT2D eigenvalue weighted by Gasteiger charge is -2.07. The molecule has 1 heterocycles. The minimum absolute atomic E-state index is 0.0362. The van der Waals surface area contributed by atoms with Crippen molar-refractivity contribution in [2.24, 2.45) is 0 Å². The number of nitrogens with zero attached hydrogens (tertiary/aromatic N) is 2. The Morgan fingerprint density at radius 1 is 1.26 bits per heavy atom. The first-order chi connectivity index (χ1) is 9.10. The van der Waals surface area contributed by atoms with E-state index in [1.165, 1.54) is 59.1 Å². The van der Waals surface area contributed by atoms with Gasteiger partial charge in [-0.05, 0) is 37.4 Å². The molecule has 0 bridgehead atoms. The highest BCUT2D eigenvalue weighted by Gasteiger charge is 2.18. The summed E-state index contributed by atoms with van der Waals surface area (Å²) in [7, 11) is 0. The van der Waals surface area contributed by atoms with Crippen molar-refractivity contribution in [3.63, 3.8) is 0 Å². The van der Waals surface area contributed by atoms with E-state index in [0.29, 0.717) is 5.56 Å². The Bertz CT molecular complexity index is 571. The summed E-state index contributed by atoms with van der Waals surface area (Å²) in [5, 5.41) is 7.73. The summed E-state index contributed by atoms with van der Waals surface area (Å²) in [5.41, 5.74) is 0.510. The first kappa shape index (κ1) is 14.5. The zero-order valence-electron chi connectivity index (χ0n) is 10.3. The molecule has 0 N–H and O–H groups in total. The van der Waals surface area contributed by atoms with Crippen molar-refractivity contribution >= 4 is 40.6 Å². The fourth-order valence-corrected chi connectivity index (χ4v) is 4.04. The average Bonchev–Trinajstić information content (AvgIpc) is 2.86. The topological polar surface area (TPSA) is 42.9 Å². The maximum atomic E-state index is 12.8. The summed E-state index contributed by atoms with van der Waals surface area (Å²) in [6.45, 7) is 1.82. The van der Waals surface area contributed by atoms with Gasteiger partial charge in [0.25, 0.3) is 0 Å². The lowest BCUT2D eigenvalue weighted by molar-refractivity contribution is 0.0994. The third kappa shape index (κ3) is 3.77. The van der Waals surface area contributed by atoms with E-state index >= 15 is 0 Å². The van der Waals surface area contributed by atoms with Gasteiger partial charge in [0.1, 0.15) is 5.82 Å². The van der Waals surface area contributed by atoms with Crippen LogP contribution in [0.1, 0.15) is 17.3 Å². The Balaban J connectivity index is 2.04. The van der Waals surface area contributed by atoms with E-state index in [1.54, 1.807) is 0 Å². The fraction of sp³-hybridized carbons (Fsp3) is 0.250. The van der Waals surface area contributed by atoms with Crippen LogP contribution in [0.25, 0.3) is 0 Å². The van der Waals surface area contributed by atoms with Gasteiger partial charge in [-0.2, -0.15) is 0 Å². The number of Topliss-reactive ketones (excluding diaryl/α,β-unsaturated/α-hetero) is 1. The maximum absolute atomic E-state index is 12.8. The monoisotopic (exact) mass is 314 g/mol. The molecule has 0 amide bonds. The zero-order chi connectivity index (χ0) is 13.8. The predicted molar refractivity (Wildman–Crippen MR) is 77.7 cm³/mol. The molecule has 0 saturated heterocycles. The minimum atomic E-state index is -0.342. The molecular weight excluding hydrogens is 303 g/mol. The number of thioether (sulfide) groups is 2. The Kier molecular flexibility index (Phi) is 4.95. The van der Waals surface area contributed by atoms with Crippen LogP contribution in [-0.2, 0) is 0 Å². The van der Waals surface area contributed by atoms with E-state index < -0.39 is 0 Å². The molecule has 100 valence electrons. The lowest BCUT2D eigenvalue weighted by Crippen LogP contribution is -2.13. The zero-order valence-corrected chi connectivity index (χ0v) is 12.7. The van der Waals surface area contributed by atoms with Crippen molar-refractivity contribution in [3.8, 4) is 0 Å². The number of hydrogen-bond donors (Lipinski definition) is 0. The molecular formula is C12H11FN2OS3. The third-order valence-corrected chi connectivity index (χ3v) is 5.42. The molecule has 1 atom stereocenters. The van der Waals surface area contributed by atoms with Gasteiger partial charge in [-0.15, -0.1) is 10.2 Å². The molecule has 1 aromatic heterocycles. The second-order valence-corrected chi connectivity index (χ2v) is 7.29. The normalized spacial score (nSPS) is 12.4. The van der Waals surface area contributed by atoms with Gasteiger partial charge in [0.05, 0.1) is 5.25 Å². The van der Waals surface area contributed by atoms with Crippen LogP contribution >= 0.6 is 34.9 Å². The smallest absolute Gasteiger partial charge is 0.175 e. The Hall–Kier alpha value is -0.920. The van der Waals surface area contributed by atoms with E-state index in [1.807, 2.05) is 13.2 Å². The van der Waals surface area contributed by atoms with Gasteiger partial charge in [0.2, 0.25) is 0 Å². The van der Waals surface area contributed by atoms with Crippen LogP contribution in [0.5, 0.6) is 0 Å². The highest BCUT2D eigenvalue weighted by Crippen LogP contribution is 2.31. The molecule has 0 aliphatic carbocycles. The van der Waals surface area contributed by atoms with Gasteiger partial charge in [-0.3, -0.25) is 4.79 Å². The first-order valence-corrected chi connectivity index (χ1v) is 8.36. The van der Waals surface area contributed by atoms with Crippen LogP contribution < -0.4 is 0 Å². The molecule has 0 spiro atoms. The molecule has 1 aromatic carbocycles. The van der Waals surface area contributed by atoms with Gasteiger partial charge in [0, 0.05) is 5.56 Å². The number of hydrogen-bond acceptors (Lipinski definition) is 6. The van der Waals surface area contributed by atoms with Crippen molar-refractivity contribution in [2.75, 3.05) is 6.26 Å². The van der Waals surface area contributed by atoms with Crippen molar-refractivity contribution in [2.45, 2.75) is 20.9 Å². The van der Waals surface area contributed by atoms with Crippen LogP contribution in [-0.4, -0.2) is 27.5 Å². The van der Waals surface area contributed by atoms with Crippen LogP contribution in [0.15, 0.2) is 32.9 Å². The Morgan fingerprint density at radius 3 is 2.47 bits per heavy atom. The summed E-state index contributed by atoms with van der Waals surface area (Å²) in [5.74, 6) is -0.378. The minimum Gasteiger partial charge on any atom is -0.293 e. The van der Waals surface area contributed by atoms with E-state index in [4.69, 9.17) is 0 Å². The van der Waals surface area contributed by atoms with Crippen molar-refractivity contribution in [1.29, 1.82) is 0 Å². The first-order valence-electron chi connectivity index (χ1n) is 5.44. The lowest BCUT2D eigenvalue weighted by atomic mass is 10.1. The molecule has 0 saturated carbocycles. The summed E-state index contributed by atoms with van der Waals surface area (Å²) >= 11 is 4.37. The van der Waals surface area contributed by atoms with Crippen molar-refractivity contribution in [1.82, 2.24) is 10.2 Å². The molecule has 0 unspecified atom stereocenters. The fourth-order valence-electron chi connectivity index (χ4n) is 1.38. The highest BCUT2D eigenvalue weighted by atomic mass is 32.2. The Labute approximate surface area is 123 Å². The van der Waals surface area contributed by atoms with Crippen LogP contribution in [0.3, 0.4) is 0 Å². The van der Waals surface area contributed by atoms with Gasteiger partial charge >= 0.3 is 0 Å². The molecule has 19 heavy (non-hydrogen) atoms. The van der Waals surface area contributed by atoms with Crippen LogP contribution in [0.4, 0.5) is 4.39 Å². The maximum Gasteiger partial charge on any atom is 0.175 e. The highest BCUT2D eigenvalue weighted by molar-refractivity contribution is 8.03. The largest absolute Gasteiger partial charge is 0.293 e. The number of carbonyl (C=O) groups excluding carboxylic acids is 1. The molecule has 0 aliphatic rings. The second kappa shape index (κ2) is 6.49. The molecule has 0 aliphatic heterocycles. The molecule has 7 heteroatoms. The van der Waals surface area contributed by atoms with Gasteiger partial charge in [-0.25, -0.2) is 4.39 Å². The molecule has 0 radical (unpaired) electrons. The molecule has 2 aromatic rings. The Morgan fingerprint density at radius 2 is 1.89 bits per heavy atom. The van der Waals surface area contributed by atoms with Crippen LogP contribution in [0, 0.1) is 5.82 Å². The van der Waals surface area contributed by atoms with Crippen molar-refractivity contribution in [3.05, 3.63) is 35.6 Å². The third-order valence-electron chi connectivity index (χ3n) is 2.34. The summed E-state index contributed by atoms with van der Waals surface area (Å²) in [6.07, 6.45) is 1.93. The van der Waals surface area contributed by atoms with Crippen LogP contribution in [0.2, 0.25) is 0 Å². The quantitative estimate of drug-likeness (QED) is 0.621. The van der Waals surface area contributed by atoms with E-state index in [0.717, 1.165) is 8.68 Å². The molecule has 3 nitrogen and oxygen atoms in total. The average molecular weight is 314 g/mol. The summed E-state index contributed by atoms with van der Waals surface area (Å²) < 4.78 is 14.5. The van der Waals surface area contributed by atoms with Crippen molar-refractivity contribution < 1.29 is 9.18 Å². The number of carbonyl (C=O) groups is 1. The number of ketones is 1. The summed E-state index contributed by atoms with van der Waals surface area (Å²) in [6, 6.07) is 5.59. The molecule has 0 fully saturated rings. The van der Waals surface area contributed by atoms with E-state index in [2.05, 4.69) is 10.2 Å². The van der Waals surface area contributed by atoms with Gasteiger partial charge in [0.15, 0.2) is 14.5 Å². The number of rotatable bonds is 5.